The van der Waals surface area contributed by atoms with Crippen molar-refractivity contribution in [3.8, 4) is 0 Å². The highest BCUT2D eigenvalue weighted by atomic mass is 16.5. The van der Waals surface area contributed by atoms with Gasteiger partial charge in [0.2, 0.25) is 0 Å². The summed E-state index contributed by atoms with van der Waals surface area (Å²) in [6.07, 6.45) is 0. The van der Waals surface area contributed by atoms with Crippen LogP contribution in [0.4, 0.5) is 5.82 Å². The minimum absolute atomic E-state index is 0.219. The molecule has 0 spiro atoms. The Bertz CT molecular complexity index is 353. The van der Waals surface area contributed by atoms with Gasteiger partial charge in [0.05, 0.1) is 6.61 Å². The molecule has 1 atom stereocenters. The summed E-state index contributed by atoms with van der Waals surface area (Å²) in [4.78, 5) is 9.12. The Morgan fingerprint density at radius 3 is 2.53 bits per heavy atom. The van der Waals surface area contributed by atoms with Crippen LogP contribution < -0.4 is 5.32 Å². The second kappa shape index (κ2) is 6.55. The van der Waals surface area contributed by atoms with Crippen molar-refractivity contribution in [3.63, 3.8) is 0 Å². The van der Waals surface area contributed by atoms with Gasteiger partial charge in [-0.25, -0.2) is 9.97 Å². The standard InChI is InChI=1S/C13H23N3O/c1-6-14-12-7-11(9(2)3)15-13(16-12)10(4)8-17-5/h7,9-10H,6,8H2,1-5H3,(H,14,15,16). The van der Waals surface area contributed by atoms with E-state index in [0.717, 1.165) is 23.9 Å². The highest BCUT2D eigenvalue weighted by Crippen LogP contribution is 2.19. The van der Waals surface area contributed by atoms with Gasteiger partial charge in [-0.3, -0.25) is 0 Å². The van der Waals surface area contributed by atoms with Gasteiger partial charge in [0, 0.05) is 31.3 Å². The molecule has 0 fully saturated rings. The Hall–Kier alpha value is -1.16. The van der Waals surface area contributed by atoms with Crippen molar-refractivity contribution in [2.45, 2.75) is 39.5 Å². The molecule has 0 radical (unpaired) electrons. The zero-order chi connectivity index (χ0) is 12.8. The minimum atomic E-state index is 0.219. The molecule has 17 heavy (non-hydrogen) atoms. The molecular formula is C13H23N3O. The second-order valence-corrected chi connectivity index (χ2v) is 4.58. The van der Waals surface area contributed by atoms with E-state index in [2.05, 4.69) is 43.0 Å². The van der Waals surface area contributed by atoms with E-state index >= 15 is 0 Å². The van der Waals surface area contributed by atoms with E-state index in [0.29, 0.717) is 12.5 Å². The first-order chi connectivity index (χ1) is 8.08. The lowest BCUT2D eigenvalue weighted by Crippen LogP contribution is -2.12. The van der Waals surface area contributed by atoms with Crippen LogP contribution in [0, 0.1) is 0 Å². The first-order valence-electron chi connectivity index (χ1n) is 6.20. The summed E-state index contributed by atoms with van der Waals surface area (Å²) in [5, 5.41) is 3.25. The summed E-state index contributed by atoms with van der Waals surface area (Å²) in [7, 11) is 1.70. The van der Waals surface area contributed by atoms with Gasteiger partial charge >= 0.3 is 0 Å². The van der Waals surface area contributed by atoms with Crippen LogP contribution in [0.15, 0.2) is 6.07 Å². The van der Waals surface area contributed by atoms with Crippen LogP contribution >= 0.6 is 0 Å². The predicted molar refractivity (Wildman–Crippen MR) is 70.6 cm³/mol. The Morgan fingerprint density at radius 1 is 1.29 bits per heavy atom. The Morgan fingerprint density at radius 2 is 2.00 bits per heavy atom. The minimum Gasteiger partial charge on any atom is -0.384 e. The number of hydrogen-bond donors (Lipinski definition) is 1. The van der Waals surface area contributed by atoms with Crippen LogP contribution in [-0.2, 0) is 4.74 Å². The number of ether oxygens (including phenoxy) is 1. The van der Waals surface area contributed by atoms with E-state index in [1.807, 2.05) is 6.07 Å². The molecular weight excluding hydrogens is 214 g/mol. The van der Waals surface area contributed by atoms with Crippen LogP contribution in [0.25, 0.3) is 0 Å². The molecule has 0 saturated carbocycles. The monoisotopic (exact) mass is 237 g/mol. The molecule has 1 rings (SSSR count). The zero-order valence-electron chi connectivity index (χ0n) is 11.4. The predicted octanol–water partition coefficient (Wildman–Crippen LogP) is 2.78. The summed E-state index contributed by atoms with van der Waals surface area (Å²) in [5.41, 5.74) is 1.08. The fourth-order valence-electron chi connectivity index (χ4n) is 1.60. The Kier molecular flexibility index (Phi) is 5.35. The van der Waals surface area contributed by atoms with E-state index in [1.165, 1.54) is 0 Å². The second-order valence-electron chi connectivity index (χ2n) is 4.58. The number of rotatable bonds is 6. The molecule has 4 heteroatoms. The third-order valence-electron chi connectivity index (χ3n) is 2.57. The molecule has 1 N–H and O–H groups in total. The summed E-state index contributed by atoms with van der Waals surface area (Å²) in [6, 6.07) is 2.02. The quantitative estimate of drug-likeness (QED) is 0.826. The molecule has 0 aliphatic heterocycles. The summed E-state index contributed by atoms with van der Waals surface area (Å²) in [6.45, 7) is 9.94. The van der Waals surface area contributed by atoms with Crippen molar-refractivity contribution >= 4 is 5.82 Å². The van der Waals surface area contributed by atoms with Crippen molar-refractivity contribution in [1.82, 2.24) is 9.97 Å². The van der Waals surface area contributed by atoms with Gasteiger partial charge in [0.15, 0.2) is 0 Å². The molecule has 96 valence electrons. The third-order valence-corrected chi connectivity index (χ3v) is 2.57. The van der Waals surface area contributed by atoms with Gasteiger partial charge < -0.3 is 10.1 Å². The first-order valence-corrected chi connectivity index (χ1v) is 6.20. The summed E-state index contributed by atoms with van der Waals surface area (Å²) in [5.74, 6) is 2.39. The fourth-order valence-corrected chi connectivity index (χ4v) is 1.60. The van der Waals surface area contributed by atoms with Gasteiger partial charge in [-0.15, -0.1) is 0 Å². The molecule has 4 nitrogen and oxygen atoms in total. The molecule has 0 amide bonds. The van der Waals surface area contributed by atoms with E-state index < -0.39 is 0 Å². The third kappa shape index (κ3) is 3.97. The number of nitrogens with zero attached hydrogens (tertiary/aromatic N) is 2. The van der Waals surface area contributed by atoms with Gasteiger partial charge in [0.25, 0.3) is 0 Å². The largest absolute Gasteiger partial charge is 0.384 e. The lowest BCUT2D eigenvalue weighted by molar-refractivity contribution is 0.181. The lowest BCUT2D eigenvalue weighted by Gasteiger charge is -2.14. The maximum absolute atomic E-state index is 5.16. The topological polar surface area (TPSA) is 47.0 Å². The molecule has 0 aromatic carbocycles. The average molecular weight is 237 g/mol. The number of nitrogens with one attached hydrogen (secondary N) is 1. The Balaban J connectivity index is 3.02. The molecule has 1 unspecified atom stereocenters. The van der Waals surface area contributed by atoms with Crippen LogP contribution in [0.5, 0.6) is 0 Å². The van der Waals surface area contributed by atoms with E-state index in [1.54, 1.807) is 7.11 Å². The number of anilines is 1. The van der Waals surface area contributed by atoms with Crippen molar-refractivity contribution < 1.29 is 4.74 Å². The zero-order valence-corrected chi connectivity index (χ0v) is 11.4. The fraction of sp³-hybridized carbons (Fsp3) is 0.692. The Labute approximate surface area is 104 Å². The van der Waals surface area contributed by atoms with Crippen molar-refractivity contribution in [2.24, 2.45) is 0 Å². The number of hydrogen-bond acceptors (Lipinski definition) is 4. The normalized spacial score (nSPS) is 12.8. The molecule has 0 bridgehead atoms. The highest BCUT2D eigenvalue weighted by molar-refractivity contribution is 5.37. The molecule has 0 aliphatic carbocycles. The van der Waals surface area contributed by atoms with Crippen LogP contribution in [0.1, 0.15) is 51.0 Å². The first kappa shape index (κ1) is 13.9. The van der Waals surface area contributed by atoms with Crippen molar-refractivity contribution in [3.05, 3.63) is 17.6 Å². The summed E-state index contributed by atoms with van der Waals surface area (Å²) >= 11 is 0. The van der Waals surface area contributed by atoms with Gasteiger partial charge in [-0.05, 0) is 12.8 Å². The van der Waals surface area contributed by atoms with Crippen LogP contribution in [0.2, 0.25) is 0 Å². The van der Waals surface area contributed by atoms with Crippen LogP contribution in [-0.4, -0.2) is 30.2 Å². The van der Waals surface area contributed by atoms with Gasteiger partial charge in [-0.2, -0.15) is 0 Å². The van der Waals surface area contributed by atoms with E-state index in [-0.39, 0.29) is 5.92 Å². The van der Waals surface area contributed by atoms with Crippen molar-refractivity contribution in [1.29, 1.82) is 0 Å². The molecule has 1 aromatic rings. The number of aromatic nitrogens is 2. The maximum Gasteiger partial charge on any atom is 0.136 e. The van der Waals surface area contributed by atoms with Crippen LogP contribution in [0.3, 0.4) is 0 Å². The molecule has 1 aromatic heterocycles. The van der Waals surface area contributed by atoms with Gasteiger partial charge in [0.1, 0.15) is 11.6 Å². The smallest absolute Gasteiger partial charge is 0.136 e. The number of methoxy groups -OCH3 is 1. The highest BCUT2D eigenvalue weighted by Gasteiger charge is 2.13. The molecule has 0 aliphatic rings. The average Bonchev–Trinajstić information content (AvgIpc) is 2.29. The van der Waals surface area contributed by atoms with E-state index in [4.69, 9.17) is 4.74 Å². The van der Waals surface area contributed by atoms with Crippen molar-refractivity contribution in [2.75, 3.05) is 25.6 Å². The molecule has 1 heterocycles. The SMILES string of the molecule is CCNc1cc(C(C)C)nc(C(C)COC)n1. The van der Waals surface area contributed by atoms with Gasteiger partial charge in [-0.1, -0.05) is 20.8 Å². The molecule has 0 saturated heterocycles. The summed E-state index contributed by atoms with van der Waals surface area (Å²) < 4.78 is 5.16. The van der Waals surface area contributed by atoms with E-state index in [9.17, 15) is 0 Å². The maximum atomic E-state index is 5.16. The lowest BCUT2D eigenvalue weighted by atomic mass is 10.1.